The minimum Gasteiger partial charge on any atom is -0.456 e. The summed E-state index contributed by atoms with van der Waals surface area (Å²) in [5.74, 6) is 0. The largest absolute Gasteiger partial charge is 0.495 e. The van der Waals surface area contributed by atoms with Crippen LogP contribution in [-0.2, 0) is 9.31 Å². The van der Waals surface area contributed by atoms with Crippen molar-refractivity contribution in [2.75, 3.05) is 4.90 Å². The van der Waals surface area contributed by atoms with E-state index in [9.17, 15) is 0 Å². The molecule has 0 aliphatic carbocycles. The van der Waals surface area contributed by atoms with Crippen molar-refractivity contribution in [3.05, 3.63) is 121 Å². The van der Waals surface area contributed by atoms with Crippen LogP contribution in [0.15, 0.2) is 126 Å². The van der Waals surface area contributed by atoms with Crippen molar-refractivity contribution in [3.63, 3.8) is 0 Å². The van der Waals surface area contributed by atoms with Gasteiger partial charge in [-0.2, -0.15) is 0 Å². The van der Waals surface area contributed by atoms with Crippen molar-refractivity contribution in [1.82, 2.24) is 0 Å². The van der Waals surface area contributed by atoms with Gasteiger partial charge in [0.2, 0.25) is 0 Å². The lowest BCUT2D eigenvalue weighted by Gasteiger charge is -2.32. The van der Waals surface area contributed by atoms with Crippen LogP contribution in [0.4, 0.5) is 17.1 Å². The van der Waals surface area contributed by atoms with E-state index < -0.39 is 18.3 Å². The highest BCUT2D eigenvalue weighted by Crippen LogP contribution is 2.41. The molecule has 4 nitrogen and oxygen atoms in total. The summed E-state index contributed by atoms with van der Waals surface area (Å²) in [4.78, 5) is 2.33. The normalized spacial score (nSPS) is 16.0. The summed E-state index contributed by atoms with van der Waals surface area (Å²) in [7, 11) is -0.491. The van der Waals surface area contributed by atoms with Gasteiger partial charge in [0, 0.05) is 27.8 Å². The second-order valence-electron chi connectivity index (χ2n) is 12.5. The zero-order chi connectivity index (χ0) is 29.3. The Morgan fingerprint density at radius 1 is 0.512 bits per heavy atom. The number of rotatable bonds is 4. The minimum atomic E-state index is -0.491. The third-order valence-corrected chi connectivity index (χ3v) is 9.26. The van der Waals surface area contributed by atoms with Crippen LogP contribution in [0.5, 0.6) is 0 Å². The van der Waals surface area contributed by atoms with Gasteiger partial charge in [0.15, 0.2) is 0 Å². The van der Waals surface area contributed by atoms with Gasteiger partial charge < -0.3 is 18.6 Å². The first-order chi connectivity index (χ1) is 20.8. The van der Waals surface area contributed by atoms with Crippen LogP contribution in [-0.4, -0.2) is 18.3 Å². The molecule has 0 bridgehead atoms. The van der Waals surface area contributed by atoms with Crippen molar-refractivity contribution >= 4 is 73.1 Å². The van der Waals surface area contributed by atoms with Gasteiger partial charge in [-0.1, -0.05) is 72.8 Å². The number of anilines is 3. The van der Waals surface area contributed by atoms with E-state index in [2.05, 4.69) is 142 Å². The van der Waals surface area contributed by atoms with Crippen LogP contribution < -0.4 is 10.4 Å². The van der Waals surface area contributed by atoms with E-state index in [-0.39, 0.29) is 0 Å². The molecule has 0 saturated carbocycles. The molecule has 0 amide bonds. The zero-order valence-electron chi connectivity index (χ0n) is 24.8. The van der Waals surface area contributed by atoms with Crippen LogP contribution in [0.1, 0.15) is 27.7 Å². The van der Waals surface area contributed by atoms with Gasteiger partial charge >= 0.3 is 7.12 Å². The Labute approximate surface area is 251 Å². The number of nitrogens with zero attached hydrogens (tertiary/aromatic N) is 1. The molecule has 0 atom stereocenters. The van der Waals surface area contributed by atoms with Gasteiger partial charge in [0.05, 0.1) is 11.2 Å². The van der Waals surface area contributed by atoms with Gasteiger partial charge in [-0.05, 0) is 103 Å². The topological polar surface area (TPSA) is 34.8 Å². The van der Waals surface area contributed by atoms with Gasteiger partial charge in [-0.3, -0.25) is 0 Å². The second kappa shape index (κ2) is 9.47. The van der Waals surface area contributed by atoms with Crippen molar-refractivity contribution in [2.45, 2.75) is 38.9 Å². The molecule has 0 unspecified atom stereocenters. The summed E-state index contributed by atoms with van der Waals surface area (Å²) in [6.07, 6.45) is 0. The van der Waals surface area contributed by atoms with Crippen LogP contribution in [0.25, 0.3) is 43.5 Å². The lowest BCUT2D eigenvalue weighted by atomic mass is 9.76. The average molecular weight is 561 g/mol. The Bertz CT molecular complexity index is 2080. The molecule has 0 N–H and O–H groups in total. The third-order valence-electron chi connectivity index (χ3n) is 9.26. The minimum absolute atomic E-state index is 0.437. The van der Waals surface area contributed by atoms with E-state index in [0.717, 1.165) is 44.5 Å². The van der Waals surface area contributed by atoms with Gasteiger partial charge in [0.1, 0.15) is 11.2 Å². The summed E-state index contributed by atoms with van der Waals surface area (Å²) in [5.41, 5.74) is 4.99. The Kier molecular flexibility index (Phi) is 5.74. The molecule has 0 spiro atoms. The fourth-order valence-electron chi connectivity index (χ4n) is 6.23. The van der Waals surface area contributed by atoms with Crippen molar-refractivity contribution < 1.29 is 13.7 Å². The molecule has 1 aromatic heterocycles. The summed E-state index contributed by atoms with van der Waals surface area (Å²) in [5, 5.41) is 6.88. The molecule has 1 aliphatic rings. The molecule has 5 heteroatoms. The predicted molar refractivity (Wildman–Crippen MR) is 179 cm³/mol. The number of hydrogen-bond acceptors (Lipinski definition) is 4. The molecule has 6 aromatic carbocycles. The van der Waals surface area contributed by atoms with Gasteiger partial charge in [-0.15, -0.1) is 0 Å². The Morgan fingerprint density at radius 3 is 1.65 bits per heavy atom. The van der Waals surface area contributed by atoms with Crippen molar-refractivity contribution in [3.8, 4) is 0 Å². The number of benzene rings is 6. The lowest BCUT2D eigenvalue weighted by molar-refractivity contribution is 0.00578. The summed E-state index contributed by atoms with van der Waals surface area (Å²) in [6, 6.07) is 42.9. The zero-order valence-corrected chi connectivity index (χ0v) is 24.8. The molecular formula is C38H32BNO3. The first-order valence-electron chi connectivity index (χ1n) is 14.9. The van der Waals surface area contributed by atoms with Crippen LogP contribution in [0, 0.1) is 0 Å². The van der Waals surface area contributed by atoms with Gasteiger partial charge in [0.25, 0.3) is 0 Å². The molecule has 43 heavy (non-hydrogen) atoms. The Balaban J connectivity index is 1.34. The van der Waals surface area contributed by atoms with E-state index >= 15 is 0 Å². The highest BCUT2D eigenvalue weighted by Gasteiger charge is 2.52. The predicted octanol–water partition coefficient (Wildman–Crippen LogP) is 9.66. The summed E-state index contributed by atoms with van der Waals surface area (Å²) in [6.45, 7) is 8.35. The summed E-state index contributed by atoms with van der Waals surface area (Å²) < 4.78 is 19.4. The highest BCUT2D eigenvalue weighted by atomic mass is 16.7. The maximum Gasteiger partial charge on any atom is 0.495 e. The Morgan fingerprint density at radius 2 is 1.05 bits per heavy atom. The molecule has 7 aromatic rings. The van der Waals surface area contributed by atoms with E-state index in [4.69, 9.17) is 13.7 Å². The Hall–Kier alpha value is -4.58. The third kappa shape index (κ3) is 4.23. The molecular weight excluding hydrogens is 529 g/mol. The fourth-order valence-corrected chi connectivity index (χ4v) is 6.23. The molecule has 210 valence electrons. The van der Waals surface area contributed by atoms with E-state index in [1.54, 1.807) is 0 Å². The number of hydrogen-bond donors (Lipinski definition) is 0. The first-order valence-corrected chi connectivity index (χ1v) is 14.9. The van der Waals surface area contributed by atoms with Gasteiger partial charge in [-0.25, -0.2) is 0 Å². The first kappa shape index (κ1) is 26.1. The second-order valence-corrected chi connectivity index (χ2v) is 12.5. The monoisotopic (exact) mass is 561 g/mol. The van der Waals surface area contributed by atoms with Crippen molar-refractivity contribution in [1.29, 1.82) is 0 Å². The smallest absolute Gasteiger partial charge is 0.456 e. The van der Waals surface area contributed by atoms with Crippen LogP contribution >= 0.6 is 0 Å². The maximum absolute atomic E-state index is 6.50. The molecule has 2 heterocycles. The number of furan rings is 1. The highest BCUT2D eigenvalue weighted by molar-refractivity contribution is 6.66. The average Bonchev–Trinajstić information content (AvgIpc) is 3.49. The van der Waals surface area contributed by atoms with E-state index in [0.29, 0.717) is 0 Å². The van der Waals surface area contributed by atoms with E-state index in [1.165, 1.54) is 21.5 Å². The SMILES string of the molecule is CC1(C)OB(c2cccc3oc4ccc(N(c5ccc6ccccc6c5)c5ccc6ccccc6c5)cc4c23)OC1(C)C. The number of fused-ring (bicyclic) bond motifs is 5. The quantitative estimate of drug-likeness (QED) is 0.201. The van der Waals surface area contributed by atoms with E-state index in [1.807, 2.05) is 12.1 Å². The molecule has 1 saturated heterocycles. The van der Waals surface area contributed by atoms with Crippen molar-refractivity contribution in [2.24, 2.45) is 0 Å². The van der Waals surface area contributed by atoms with Crippen LogP contribution in [0.3, 0.4) is 0 Å². The van der Waals surface area contributed by atoms with Crippen LogP contribution in [0.2, 0.25) is 0 Å². The molecule has 0 radical (unpaired) electrons. The molecule has 8 rings (SSSR count). The fraction of sp³-hybridized carbons (Fsp3) is 0.158. The maximum atomic E-state index is 6.50. The molecule has 1 aliphatic heterocycles. The standard InChI is InChI=1S/C38H32BNO3/c1-37(2)38(3,4)43-39(42-37)33-14-9-15-35-36(33)32-24-31(20-21-34(32)41-35)40(29-18-16-25-10-5-7-12-27(25)22-29)30-19-17-26-11-6-8-13-28(26)23-30/h5-24H,1-4H3. The molecule has 1 fully saturated rings. The lowest BCUT2D eigenvalue weighted by Crippen LogP contribution is -2.41. The summed E-state index contributed by atoms with van der Waals surface area (Å²) >= 11 is 0.